The Labute approximate surface area is 134 Å². The predicted octanol–water partition coefficient (Wildman–Crippen LogP) is 1.76. The van der Waals surface area contributed by atoms with Gasteiger partial charge in [0.1, 0.15) is 17.4 Å². The molecule has 2 aliphatic rings. The second-order valence-corrected chi connectivity index (χ2v) is 6.52. The van der Waals surface area contributed by atoms with E-state index in [0.717, 1.165) is 50.3 Å². The van der Waals surface area contributed by atoms with Gasteiger partial charge in [-0.25, -0.2) is 0 Å². The first kappa shape index (κ1) is 14.4. The number of hydrogen-bond donors (Lipinski definition) is 0. The number of carbonyl (C=O) groups excluding carboxylic acids is 1. The van der Waals surface area contributed by atoms with Crippen molar-refractivity contribution in [3.63, 3.8) is 0 Å². The largest absolute Gasteiger partial charge is 0.361 e. The molecule has 2 bridgehead atoms. The number of aryl methyl sites for hydroxylation is 2. The lowest BCUT2D eigenvalue weighted by atomic mass is 10.1. The number of carbonyl (C=O) groups is 1. The molecule has 0 aliphatic carbocycles. The standard InChI is InChI=1S/C16H21N5O2/c1-3-4-14-17-18-15-8-11-5-6-12(9-20(14)15)21(11)16(22)13-7-10(2)23-19-13/h7,11-12H,3-6,8-9H2,1-2H3. The van der Waals surface area contributed by atoms with Crippen LogP contribution in [0, 0.1) is 6.92 Å². The lowest BCUT2D eigenvalue weighted by molar-refractivity contribution is 0.0654. The minimum atomic E-state index is -0.0231. The minimum absolute atomic E-state index is 0.0231. The summed E-state index contributed by atoms with van der Waals surface area (Å²) in [4.78, 5) is 14.9. The highest BCUT2D eigenvalue weighted by atomic mass is 16.5. The molecule has 122 valence electrons. The highest BCUT2D eigenvalue weighted by Gasteiger charge is 2.42. The molecule has 0 radical (unpaired) electrons. The van der Waals surface area contributed by atoms with Crippen molar-refractivity contribution in [2.75, 3.05) is 0 Å². The number of nitrogens with zero attached hydrogens (tertiary/aromatic N) is 5. The molecule has 23 heavy (non-hydrogen) atoms. The smallest absolute Gasteiger partial charge is 0.276 e. The van der Waals surface area contributed by atoms with Crippen molar-refractivity contribution < 1.29 is 9.32 Å². The Kier molecular flexibility index (Phi) is 3.43. The Balaban J connectivity index is 1.64. The average molecular weight is 315 g/mol. The molecule has 4 rings (SSSR count). The highest BCUT2D eigenvalue weighted by molar-refractivity contribution is 5.93. The maximum atomic E-state index is 12.9. The van der Waals surface area contributed by atoms with E-state index >= 15 is 0 Å². The predicted molar refractivity (Wildman–Crippen MR) is 81.9 cm³/mol. The van der Waals surface area contributed by atoms with Gasteiger partial charge in [-0.3, -0.25) is 4.79 Å². The van der Waals surface area contributed by atoms with E-state index < -0.39 is 0 Å². The molecule has 0 spiro atoms. The second-order valence-electron chi connectivity index (χ2n) is 6.52. The molecule has 7 nitrogen and oxygen atoms in total. The molecule has 1 fully saturated rings. The lowest BCUT2D eigenvalue weighted by Crippen LogP contribution is -2.42. The molecule has 2 atom stereocenters. The minimum Gasteiger partial charge on any atom is -0.361 e. The van der Waals surface area contributed by atoms with Gasteiger partial charge in [-0.1, -0.05) is 12.1 Å². The van der Waals surface area contributed by atoms with E-state index in [-0.39, 0.29) is 18.0 Å². The molecule has 2 unspecified atom stereocenters. The Hall–Kier alpha value is -2.18. The third-order valence-corrected chi connectivity index (χ3v) is 4.89. The van der Waals surface area contributed by atoms with E-state index in [1.807, 2.05) is 4.90 Å². The van der Waals surface area contributed by atoms with Crippen LogP contribution in [0.4, 0.5) is 0 Å². The van der Waals surface area contributed by atoms with E-state index in [4.69, 9.17) is 4.52 Å². The molecule has 7 heteroatoms. The van der Waals surface area contributed by atoms with Crippen LogP contribution < -0.4 is 0 Å². The van der Waals surface area contributed by atoms with Crippen LogP contribution in [-0.4, -0.2) is 42.8 Å². The first-order chi connectivity index (χ1) is 11.2. The van der Waals surface area contributed by atoms with Crippen LogP contribution in [0.3, 0.4) is 0 Å². The Morgan fingerprint density at radius 2 is 2.17 bits per heavy atom. The Bertz CT molecular complexity index is 735. The van der Waals surface area contributed by atoms with E-state index in [2.05, 4.69) is 26.8 Å². The number of aromatic nitrogens is 4. The molecule has 0 aromatic carbocycles. The summed E-state index contributed by atoms with van der Waals surface area (Å²) < 4.78 is 7.30. The summed E-state index contributed by atoms with van der Waals surface area (Å²) in [6.45, 7) is 4.74. The number of rotatable bonds is 3. The van der Waals surface area contributed by atoms with Gasteiger partial charge in [0.05, 0.1) is 6.04 Å². The lowest BCUT2D eigenvalue weighted by Gasteiger charge is -2.27. The monoisotopic (exact) mass is 315 g/mol. The molecule has 1 saturated heterocycles. The molecule has 2 aromatic rings. The molecule has 0 N–H and O–H groups in total. The molecule has 1 amide bonds. The summed E-state index contributed by atoms with van der Waals surface area (Å²) >= 11 is 0. The molecule has 2 aromatic heterocycles. The fourth-order valence-corrected chi connectivity index (χ4v) is 3.84. The van der Waals surface area contributed by atoms with Gasteiger partial charge in [-0.05, 0) is 26.2 Å². The van der Waals surface area contributed by atoms with E-state index in [1.165, 1.54) is 0 Å². The van der Waals surface area contributed by atoms with Gasteiger partial charge in [0.25, 0.3) is 5.91 Å². The number of amides is 1. The second kappa shape index (κ2) is 5.47. The van der Waals surface area contributed by atoms with Crippen molar-refractivity contribution in [1.29, 1.82) is 0 Å². The van der Waals surface area contributed by atoms with E-state index in [0.29, 0.717) is 11.5 Å². The SMILES string of the molecule is CCCc1nnc2n1CC1CCC(C2)N1C(=O)c1cc(C)on1. The van der Waals surface area contributed by atoms with E-state index in [9.17, 15) is 4.79 Å². The first-order valence-corrected chi connectivity index (χ1v) is 8.34. The van der Waals surface area contributed by atoms with Gasteiger partial charge >= 0.3 is 0 Å². The average Bonchev–Trinajstić information content (AvgIpc) is 3.18. The summed E-state index contributed by atoms with van der Waals surface area (Å²) in [5.74, 6) is 2.69. The van der Waals surface area contributed by atoms with Crippen molar-refractivity contribution in [2.45, 2.75) is 64.6 Å². The summed E-state index contributed by atoms with van der Waals surface area (Å²) in [5, 5.41) is 12.6. The van der Waals surface area contributed by atoms with E-state index in [1.54, 1.807) is 13.0 Å². The fourth-order valence-electron chi connectivity index (χ4n) is 3.84. The summed E-state index contributed by atoms with van der Waals surface area (Å²) in [6, 6.07) is 2.09. The number of fused-ring (bicyclic) bond motifs is 3. The molecular weight excluding hydrogens is 294 g/mol. The van der Waals surface area contributed by atoms with Gasteiger partial charge in [-0.2, -0.15) is 0 Å². The third-order valence-electron chi connectivity index (χ3n) is 4.89. The van der Waals surface area contributed by atoms with Crippen LogP contribution in [-0.2, 0) is 19.4 Å². The normalized spacial score (nSPS) is 23.0. The van der Waals surface area contributed by atoms with Gasteiger partial charge in [-0.15, -0.1) is 10.2 Å². The van der Waals surface area contributed by atoms with Crippen molar-refractivity contribution >= 4 is 5.91 Å². The van der Waals surface area contributed by atoms with Crippen LogP contribution in [0.5, 0.6) is 0 Å². The molecule has 0 saturated carbocycles. The van der Waals surface area contributed by atoms with Gasteiger partial charge in [0.2, 0.25) is 0 Å². The zero-order chi connectivity index (χ0) is 16.0. The number of hydrogen-bond acceptors (Lipinski definition) is 5. The van der Waals surface area contributed by atoms with Gasteiger partial charge in [0.15, 0.2) is 5.69 Å². The van der Waals surface area contributed by atoms with Crippen LogP contribution in [0.1, 0.15) is 54.1 Å². The zero-order valence-electron chi connectivity index (χ0n) is 13.5. The van der Waals surface area contributed by atoms with Crippen molar-refractivity contribution in [3.05, 3.63) is 29.2 Å². The highest BCUT2D eigenvalue weighted by Crippen LogP contribution is 2.32. The zero-order valence-corrected chi connectivity index (χ0v) is 13.5. The first-order valence-electron chi connectivity index (χ1n) is 8.34. The quantitative estimate of drug-likeness (QED) is 0.862. The van der Waals surface area contributed by atoms with Crippen LogP contribution >= 0.6 is 0 Å². The van der Waals surface area contributed by atoms with Crippen molar-refractivity contribution in [3.8, 4) is 0 Å². The maximum Gasteiger partial charge on any atom is 0.276 e. The molecule has 2 aliphatic heterocycles. The molecular formula is C16H21N5O2. The van der Waals surface area contributed by atoms with Crippen LogP contribution in [0.15, 0.2) is 10.6 Å². The Morgan fingerprint density at radius 3 is 2.91 bits per heavy atom. The van der Waals surface area contributed by atoms with Crippen LogP contribution in [0.25, 0.3) is 0 Å². The van der Waals surface area contributed by atoms with Crippen molar-refractivity contribution in [1.82, 2.24) is 24.8 Å². The third kappa shape index (κ3) is 2.34. The topological polar surface area (TPSA) is 77.0 Å². The summed E-state index contributed by atoms with van der Waals surface area (Å²) in [5.41, 5.74) is 0.408. The maximum absolute atomic E-state index is 12.9. The molecule has 4 heterocycles. The summed E-state index contributed by atoms with van der Waals surface area (Å²) in [6.07, 6.45) is 4.79. The Morgan fingerprint density at radius 1 is 1.35 bits per heavy atom. The van der Waals surface area contributed by atoms with Gasteiger partial charge in [0, 0.05) is 31.5 Å². The van der Waals surface area contributed by atoms with Gasteiger partial charge < -0.3 is 14.0 Å². The van der Waals surface area contributed by atoms with Crippen molar-refractivity contribution in [2.24, 2.45) is 0 Å². The van der Waals surface area contributed by atoms with Crippen LogP contribution in [0.2, 0.25) is 0 Å². The summed E-state index contributed by atoms with van der Waals surface area (Å²) in [7, 11) is 0. The fraction of sp³-hybridized carbons (Fsp3) is 0.625.